The van der Waals surface area contributed by atoms with Crippen molar-refractivity contribution in [3.05, 3.63) is 108 Å². The van der Waals surface area contributed by atoms with Gasteiger partial charge in [-0.1, -0.05) is 59.0 Å². The molecule has 1 aliphatic rings. The van der Waals surface area contributed by atoms with Gasteiger partial charge in [-0.05, 0) is 63.4 Å². The summed E-state index contributed by atoms with van der Waals surface area (Å²) >= 11 is -0.451. The molecule has 1 aliphatic heterocycles. The number of esters is 3. The highest BCUT2D eigenvalue weighted by Crippen LogP contribution is 2.34. The molecule has 0 N–H and O–H groups in total. The van der Waals surface area contributed by atoms with E-state index in [-0.39, 0.29) is 16.7 Å². The molecule has 43 heavy (non-hydrogen) atoms. The van der Waals surface area contributed by atoms with Gasteiger partial charge in [0.2, 0.25) is 0 Å². The fourth-order valence-electron chi connectivity index (χ4n) is 4.11. The van der Waals surface area contributed by atoms with Crippen LogP contribution in [0, 0.1) is 0 Å². The molecule has 11 heteroatoms. The highest BCUT2D eigenvalue weighted by Gasteiger charge is 2.52. The molecule has 6 unspecified atom stereocenters. The molecule has 6 atom stereocenters. The summed E-state index contributed by atoms with van der Waals surface area (Å²) in [4.78, 5) is 39.9. The Morgan fingerprint density at radius 1 is 0.744 bits per heavy atom. The van der Waals surface area contributed by atoms with Gasteiger partial charge in [0, 0.05) is 0 Å². The maximum absolute atomic E-state index is 13.4. The summed E-state index contributed by atoms with van der Waals surface area (Å²) in [5.41, 5.74) is -0.102. The predicted octanol–water partition coefficient (Wildman–Crippen LogP) is 5.28. The van der Waals surface area contributed by atoms with Crippen molar-refractivity contribution in [2.24, 2.45) is 4.40 Å². The quantitative estimate of drug-likeness (QED) is 0.135. The highest BCUT2D eigenvalue weighted by atomic mass is 32.2. The third-order valence-electron chi connectivity index (χ3n) is 6.35. The second kappa shape index (κ2) is 14.7. The van der Waals surface area contributed by atoms with Crippen LogP contribution in [0.4, 0.5) is 0 Å². The first-order valence-corrected chi connectivity index (χ1v) is 15.9. The molecule has 0 spiro atoms. The first-order chi connectivity index (χ1) is 20.6. The zero-order valence-electron chi connectivity index (χ0n) is 24.2. The first-order valence-electron chi connectivity index (χ1n) is 13.5. The highest BCUT2D eigenvalue weighted by molar-refractivity contribution is 7.99. The monoisotopic (exact) mass is 623 g/mol. The minimum atomic E-state index is -1.66. The normalized spacial score (nSPS) is 22.9. The van der Waals surface area contributed by atoms with Gasteiger partial charge in [-0.2, -0.15) is 0 Å². The summed E-state index contributed by atoms with van der Waals surface area (Å²) in [5.74, 6) is -2.12. The summed E-state index contributed by atoms with van der Waals surface area (Å²) in [5, 5.41) is 0. The van der Waals surface area contributed by atoms with Gasteiger partial charge < -0.3 is 23.5 Å². The van der Waals surface area contributed by atoms with Crippen LogP contribution in [0.5, 0.6) is 0 Å². The van der Waals surface area contributed by atoms with Crippen molar-refractivity contribution in [2.45, 2.75) is 55.4 Å². The Bertz CT molecular complexity index is 1400. The van der Waals surface area contributed by atoms with Crippen molar-refractivity contribution in [2.75, 3.05) is 6.26 Å². The summed E-state index contributed by atoms with van der Waals surface area (Å²) in [6.45, 7) is 5.30. The molecule has 0 aromatic heterocycles. The second-order valence-corrected chi connectivity index (χ2v) is 13.4. The molecule has 9 nitrogen and oxygen atoms in total. The van der Waals surface area contributed by atoms with Gasteiger partial charge in [0.25, 0.3) is 0 Å². The maximum atomic E-state index is 13.4. The molecule has 0 radical (unpaired) electrons. The van der Waals surface area contributed by atoms with Gasteiger partial charge in [0.1, 0.15) is 27.6 Å². The Morgan fingerprint density at radius 3 is 1.53 bits per heavy atom. The smallest absolute Gasteiger partial charge is 0.338 e. The first kappa shape index (κ1) is 32.3. The number of hydrogen-bond donors (Lipinski definition) is 0. The van der Waals surface area contributed by atoms with Crippen LogP contribution in [0.25, 0.3) is 0 Å². The molecule has 3 aromatic rings. The number of hydrogen-bond acceptors (Lipinski definition) is 10. The van der Waals surface area contributed by atoms with Gasteiger partial charge in [0.15, 0.2) is 18.3 Å². The third-order valence-corrected chi connectivity index (χ3v) is 8.55. The maximum Gasteiger partial charge on any atom is 0.338 e. The van der Waals surface area contributed by atoms with E-state index in [1.54, 1.807) is 118 Å². The molecule has 1 heterocycles. The Kier molecular flexibility index (Phi) is 11.0. The Labute approximate surface area is 258 Å². The second-order valence-electron chi connectivity index (χ2n) is 10.5. The standard InChI is InChI=1S/C32H33NO8S2/c1-32(2,3)43(37)33-20-24-25(39-28(34)21-14-8-5-9-15-21)26(40-29(35)22-16-10-6-11-17-22)27(31(38-24)42-4)41-30(36)23-18-12-7-13-19-23/h5-20,24-27,31H,1-4H3. The molecule has 4 rings (SSSR count). The SMILES string of the molecule is CSC1OC(C=N[S+]([O-])C(C)(C)C)C(OC(=O)c2ccccc2)C(OC(=O)c2ccccc2)C1OC(=O)c1ccccc1. The van der Waals surface area contributed by atoms with Gasteiger partial charge in [0.05, 0.1) is 22.9 Å². The van der Waals surface area contributed by atoms with Crippen molar-refractivity contribution in [3.63, 3.8) is 0 Å². The summed E-state index contributed by atoms with van der Waals surface area (Å²) in [6, 6.07) is 24.9. The van der Waals surface area contributed by atoms with Crippen LogP contribution < -0.4 is 0 Å². The van der Waals surface area contributed by atoms with Crippen LogP contribution in [0.3, 0.4) is 0 Å². The number of thioether (sulfide) groups is 1. The number of carbonyl (C=O) groups excluding carboxylic acids is 3. The number of benzene rings is 3. The van der Waals surface area contributed by atoms with Crippen LogP contribution in [0.2, 0.25) is 0 Å². The average molecular weight is 624 g/mol. The molecule has 1 fully saturated rings. The lowest BCUT2D eigenvalue weighted by molar-refractivity contribution is -0.181. The molecule has 0 bridgehead atoms. The van der Waals surface area contributed by atoms with Crippen molar-refractivity contribution >= 4 is 47.2 Å². The minimum Gasteiger partial charge on any atom is -0.591 e. The lowest BCUT2D eigenvalue weighted by Gasteiger charge is -2.43. The Morgan fingerprint density at radius 2 is 1.14 bits per heavy atom. The van der Waals surface area contributed by atoms with E-state index in [0.717, 1.165) is 0 Å². The van der Waals surface area contributed by atoms with Crippen molar-refractivity contribution in [3.8, 4) is 0 Å². The Hall–Kier alpha value is -3.64. The molecular weight excluding hydrogens is 590 g/mol. The predicted molar refractivity (Wildman–Crippen MR) is 165 cm³/mol. The van der Waals surface area contributed by atoms with Crippen molar-refractivity contribution < 1.29 is 37.9 Å². The number of ether oxygens (including phenoxy) is 4. The fourth-order valence-corrected chi connectivity index (χ4v) is 5.37. The van der Waals surface area contributed by atoms with E-state index in [1.807, 2.05) is 0 Å². The Balaban J connectivity index is 1.76. The number of nitrogens with zero attached hydrogens (tertiary/aromatic N) is 1. The fraction of sp³-hybridized carbons (Fsp3) is 0.312. The van der Waals surface area contributed by atoms with Crippen LogP contribution >= 0.6 is 11.8 Å². The van der Waals surface area contributed by atoms with Crippen LogP contribution in [-0.2, 0) is 30.3 Å². The van der Waals surface area contributed by atoms with E-state index in [1.165, 1.54) is 18.0 Å². The van der Waals surface area contributed by atoms with E-state index in [2.05, 4.69) is 4.40 Å². The third kappa shape index (κ3) is 8.47. The van der Waals surface area contributed by atoms with Crippen LogP contribution in [0.1, 0.15) is 51.8 Å². The molecular formula is C32H33NO8S2. The van der Waals surface area contributed by atoms with E-state index in [4.69, 9.17) is 18.9 Å². The molecule has 226 valence electrons. The molecule has 1 saturated heterocycles. The summed E-state index contributed by atoms with van der Waals surface area (Å²) in [7, 11) is 0. The lowest BCUT2D eigenvalue weighted by Crippen LogP contribution is -2.61. The molecule has 0 amide bonds. The zero-order valence-corrected chi connectivity index (χ0v) is 25.8. The molecule has 3 aromatic carbocycles. The van der Waals surface area contributed by atoms with Crippen molar-refractivity contribution in [1.82, 2.24) is 0 Å². The zero-order chi connectivity index (χ0) is 31.0. The molecule has 0 aliphatic carbocycles. The topological polar surface area (TPSA) is 124 Å². The van der Waals surface area contributed by atoms with E-state index in [9.17, 15) is 18.9 Å². The largest absolute Gasteiger partial charge is 0.591 e. The number of carbonyl (C=O) groups is 3. The van der Waals surface area contributed by atoms with Crippen molar-refractivity contribution in [1.29, 1.82) is 0 Å². The summed E-state index contributed by atoms with van der Waals surface area (Å²) in [6.07, 6.45) is -1.90. The lowest BCUT2D eigenvalue weighted by atomic mass is 9.99. The van der Waals surface area contributed by atoms with Gasteiger partial charge in [-0.3, -0.25) is 0 Å². The van der Waals surface area contributed by atoms with Gasteiger partial charge in [-0.15, -0.1) is 11.8 Å². The minimum absolute atomic E-state index is 0.245. The molecule has 0 saturated carbocycles. The van der Waals surface area contributed by atoms with Crippen LogP contribution in [-0.4, -0.2) is 69.5 Å². The number of rotatable bonds is 9. The van der Waals surface area contributed by atoms with E-state index >= 15 is 0 Å². The van der Waals surface area contributed by atoms with Crippen LogP contribution in [0.15, 0.2) is 95.4 Å². The van der Waals surface area contributed by atoms with Gasteiger partial charge in [-0.25, -0.2) is 14.4 Å². The summed E-state index contributed by atoms with van der Waals surface area (Å²) < 4.78 is 40.4. The average Bonchev–Trinajstić information content (AvgIpc) is 3.02. The van der Waals surface area contributed by atoms with E-state index < -0.39 is 63.9 Å². The van der Waals surface area contributed by atoms with E-state index in [0.29, 0.717) is 0 Å². The van der Waals surface area contributed by atoms with Gasteiger partial charge >= 0.3 is 17.9 Å².